The predicted octanol–water partition coefficient (Wildman–Crippen LogP) is 2.51. The number of carbonyl (C=O) groups excluding carboxylic acids is 2. The minimum Gasteiger partial charge on any atom is -0.462 e. The van der Waals surface area contributed by atoms with E-state index in [1.54, 1.807) is 25.1 Å². The number of esters is 1. The number of fused-ring (bicyclic) bond motifs is 2. The number of carbonyl (C=O) groups is 2. The molecule has 1 aliphatic rings. The summed E-state index contributed by atoms with van der Waals surface area (Å²) < 4.78 is 15.8. The molecule has 0 spiro atoms. The molecule has 0 unspecified atom stereocenters. The maximum atomic E-state index is 12.3. The van der Waals surface area contributed by atoms with Crippen LogP contribution < -0.4 is 20.1 Å². The second-order valence-electron chi connectivity index (χ2n) is 5.55. The fourth-order valence-corrected chi connectivity index (χ4v) is 2.61. The fourth-order valence-electron chi connectivity index (χ4n) is 2.61. The molecule has 138 valence electrons. The van der Waals surface area contributed by atoms with Crippen molar-refractivity contribution >= 4 is 34.5 Å². The number of urea groups is 1. The molecule has 3 aromatic rings. The lowest BCUT2D eigenvalue weighted by molar-refractivity contribution is 0.0527. The normalized spacial score (nSPS) is 12.0. The summed E-state index contributed by atoms with van der Waals surface area (Å²) in [6.07, 6.45) is 2.87. The number of imidazole rings is 1. The van der Waals surface area contributed by atoms with E-state index in [9.17, 15) is 9.59 Å². The highest BCUT2D eigenvalue weighted by molar-refractivity contribution is 6.06. The number of hydrogen-bond acceptors (Lipinski definition) is 7. The minimum atomic E-state index is -0.596. The van der Waals surface area contributed by atoms with E-state index in [0.29, 0.717) is 28.2 Å². The Morgan fingerprint density at radius 1 is 1.22 bits per heavy atom. The molecule has 0 saturated carbocycles. The van der Waals surface area contributed by atoms with E-state index >= 15 is 0 Å². The summed E-state index contributed by atoms with van der Waals surface area (Å²) in [5, 5.41) is 5.77. The number of anilines is 2. The Bertz CT molecular complexity index is 1020. The summed E-state index contributed by atoms with van der Waals surface area (Å²) in [7, 11) is 0. The Labute approximate surface area is 152 Å². The van der Waals surface area contributed by atoms with Crippen LogP contribution in [0, 0.1) is 0 Å². The SMILES string of the molecule is CCOC(=O)c1cc2cc3c(cc2nc1NC(=O)Nc1cnc[nH]1)OCO3. The molecule has 0 radical (unpaired) electrons. The van der Waals surface area contributed by atoms with Crippen LogP contribution in [-0.4, -0.2) is 40.4 Å². The zero-order valence-corrected chi connectivity index (χ0v) is 14.2. The molecule has 3 heterocycles. The van der Waals surface area contributed by atoms with Gasteiger partial charge in [0, 0.05) is 11.5 Å². The number of nitrogens with one attached hydrogen (secondary N) is 3. The van der Waals surface area contributed by atoms with Gasteiger partial charge in [-0.1, -0.05) is 0 Å². The molecule has 10 heteroatoms. The summed E-state index contributed by atoms with van der Waals surface area (Å²) in [4.78, 5) is 35.5. The van der Waals surface area contributed by atoms with Crippen LogP contribution in [-0.2, 0) is 4.74 Å². The molecule has 10 nitrogen and oxygen atoms in total. The zero-order valence-electron chi connectivity index (χ0n) is 14.2. The van der Waals surface area contributed by atoms with E-state index in [1.165, 1.54) is 12.5 Å². The Morgan fingerprint density at radius 3 is 2.78 bits per heavy atom. The number of hydrogen-bond donors (Lipinski definition) is 3. The Hall–Kier alpha value is -3.82. The molecule has 0 aliphatic carbocycles. The zero-order chi connectivity index (χ0) is 18.8. The highest BCUT2D eigenvalue weighted by Crippen LogP contribution is 2.36. The standard InChI is InChI=1S/C17H15N5O5/c1-2-25-16(23)10-3-9-4-12-13(27-8-26-12)5-11(9)20-15(10)22-17(24)21-14-6-18-7-19-14/h3-7H,2,8H2,1H3,(H,18,19)(H2,20,21,22,24). The first-order valence-corrected chi connectivity index (χ1v) is 8.12. The largest absolute Gasteiger partial charge is 0.462 e. The quantitative estimate of drug-likeness (QED) is 0.603. The van der Waals surface area contributed by atoms with Gasteiger partial charge >= 0.3 is 12.0 Å². The number of aromatic nitrogens is 3. The molecule has 2 aromatic heterocycles. The van der Waals surface area contributed by atoms with Gasteiger partial charge in [-0.2, -0.15) is 0 Å². The molecule has 0 saturated heterocycles. The van der Waals surface area contributed by atoms with Crippen LogP contribution in [0.15, 0.2) is 30.7 Å². The average Bonchev–Trinajstić information content (AvgIpc) is 3.30. The van der Waals surface area contributed by atoms with Crippen molar-refractivity contribution in [2.45, 2.75) is 6.92 Å². The van der Waals surface area contributed by atoms with Gasteiger partial charge < -0.3 is 19.2 Å². The maximum Gasteiger partial charge on any atom is 0.341 e. The fraction of sp³-hybridized carbons (Fsp3) is 0.176. The molecular formula is C17H15N5O5. The first-order chi connectivity index (χ1) is 13.1. The average molecular weight is 369 g/mol. The summed E-state index contributed by atoms with van der Waals surface area (Å²) in [5.74, 6) is 0.983. The maximum absolute atomic E-state index is 12.3. The number of amides is 2. The van der Waals surface area contributed by atoms with E-state index in [0.717, 1.165) is 0 Å². The van der Waals surface area contributed by atoms with Gasteiger partial charge in [0.25, 0.3) is 0 Å². The van der Waals surface area contributed by atoms with Gasteiger partial charge in [0.05, 0.1) is 24.6 Å². The number of benzene rings is 1. The van der Waals surface area contributed by atoms with Gasteiger partial charge in [-0.3, -0.25) is 10.6 Å². The first-order valence-electron chi connectivity index (χ1n) is 8.12. The lowest BCUT2D eigenvalue weighted by Crippen LogP contribution is -2.22. The number of aromatic amines is 1. The minimum absolute atomic E-state index is 0.0665. The van der Waals surface area contributed by atoms with E-state index in [1.807, 2.05) is 0 Å². The molecule has 3 N–H and O–H groups in total. The van der Waals surface area contributed by atoms with Gasteiger partial charge in [-0.15, -0.1) is 0 Å². The number of H-pyrrole nitrogens is 1. The third kappa shape index (κ3) is 3.32. The second-order valence-corrected chi connectivity index (χ2v) is 5.55. The number of nitrogens with zero attached hydrogens (tertiary/aromatic N) is 2. The molecule has 1 aliphatic heterocycles. The molecule has 27 heavy (non-hydrogen) atoms. The van der Waals surface area contributed by atoms with Crippen molar-refractivity contribution in [2.24, 2.45) is 0 Å². The third-order valence-corrected chi connectivity index (χ3v) is 3.78. The molecule has 4 rings (SSSR count). The van der Waals surface area contributed by atoms with Crippen LogP contribution in [0.25, 0.3) is 10.9 Å². The second kappa shape index (κ2) is 6.83. The van der Waals surface area contributed by atoms with Crippen molar-refractivity contribution in [3.05, 3.63) is 36.3 Å². The highest BCUT2D eigenvalue weighted by Gasteiger charge is 2.21. The van der Waals surface area contributed by atoms with Crippen LogP contribution in [0.1, 0.15) is 17.3 Å². The van der Waals surface area contributed by atoms with Gasteiger partial charge in [0.15, 0.2) is 11.5 Å². The highest BCUT2D eigenvalue weighted by atomic mass is 16.7. The molecule has 0 atom stereocenters. The van der Waals surface area contributed by atoms with Crippen molar-refractivity contribution in [3.63, 3.8) is 0 Å². The summed E-state index contributed by atoms with van der Waals surface area (Å²) >= 11 is 0. The van der Waals surface area contributed by atoms with E-state index in [4.69, 9.17) is 14.2 Å². The number of rotatable bonds is 4. The predicted molar refractivity (Wildman–Crippen MR) is 95.1 cm³/mol. The Kier molecular flexibility index (Phi) is 4.21. The van der Waals surface area contributed by atoms with Crippen molar-refractivity contribution < 1.29 is 23.8 Å². The van der Waals surface area contributed by atoms with Crippen molar-refractivity contribution in [3.8, 4) is 11.5 Å². The van der Waals surface area contributed by atoms with Gasteiger partial charge in [-0.05, 0) is 19.1 Å². The molecule has 2 amide bonds. The lowest BCUT2D eigenvalue weighted by atomic mass is 10.1. The number of pyridine rings is 1. The molecule has 0 bridgehead atoms. The van der Waals surface area contributed by atoms with Crippen LogP contribution in [0.4, 0.5) is 16.4 Å². The summed E-state index contributed by atoms with van der Waals surface area (Å²) in [5.41, 5.74) is 0.659. The van der Waals surface area contributed by atoms with Crippen LogP contribution in [0.3, 0.4) is 0 Å². The van der Waals surface area contributed by atoms with E-state index in [-0.39, 0.29) is 24.8 Å². The Morgan fingerprint density at radius 2 is 2.04 bits per heavy atom. The van der Waals surface area contributed by atoms with Crippen molar-refractivity contribution in [2.75, 3.05) is 24.0 Å². The van der Waals surface area contributed by atoms with Crippen LogP contribution >= 0.6 is 0 Å². The van der Waals surface area contributed by atoms with Gasteiger partial charge in [0.1, 0.15) is 17.2 Å². The summed E-state index contributed by atoms with van der Waals surface area (Å²) in [6, 6.07) is 4.41. The summed E-state index contributed by atoms with van der Waals surface area (Å²) in [6.45, 7) is 2.01. The van der Waals surface area contributed by atoms with Crippen LogP contribution in [0.2, 0.25) is 0 Å². The monoisotopic (exact) mass is 369 g/mol. The van der Waals surface area contributed by atoms with Crippen molar-refractivity contribution in [1.82, 2.24) is 15.0 Å². The van der Waals surface area contributed by atoms with Gasteiger partial charge in [-0.25, -0.2) is 19.6 Å². The van der Waals surface area contributed by atoms with Crippen molar-refractivity contribution in [1.29, 1.82) is 0 Å². The molecule has 0 fully saturated rings. The lowest BCUT2D eigenvalue weighted by Gasteiger charge is -2.12. The van der Waals surface area contributed by atoms with E-state index < -0.39 is 12.0 Å². The topological polar surface area (TPSA) is 127 Å². The Balaban J connectivity index is 1.71. The third-order valence-electron chi connectivity index (χ3n) is 3.78. The number of ether oxygens (including phenoxy) is 3. The molecular weight excluding hydrogens is 354 g/mol. The van der Waals surface area contributed by atoms with E-state index in [2.05, 4.69) is 25.6 Å². The first kappa shape index (κ1) is 16.6. The van der Waals surface area contributed by atoms with Crippen LogP contribution in [0.5, 0.6) is 11.5 Å². The van der Waals surface area contributed by atoms with Gasteiger partial charge in [0.2, 0.25) is 6.79 Å². The smallest absolute Gasteiger partial charge is 0.341 e. The molecule has 1 aromatic carbocycles.